The summed E-state index contributed by atoms with van der Waals surface area (Å²) in [5.74, 6) is 0.628. The lowest BCUT2D eigenvalue weighted by Crippen LogP contribution is -2.45. The number of carbonyl (C=O) groups excluding carboxylic acids is 1. The predicted octanol–water partition coefficient (Wildman–Crippen LogP) is 1.63. The summed E-state index contributed by atoms with van der Waals surface area (Å²) in [6, 6.07) is -0.0802. The van der Waals surface area contributed by atoms with Crippen LogP contribution in [0.4, 0.5) is 0 Å². The van der Waals surface area contributed by atoms with Crippen LogP contribution >= 0.6 is 11.8 Å². The minimum Gasteiger partial charge on any atom is -0.354 e. The Hall–Kier alpha value is -0.220. The molecule has 1 rings (SSSR count). The van der Waals surface area contributed by atoms with Crippen molar-refractivity contribution >= 4 is 17.7 Å². The Morgan fingerprint density at radius 2 is 2.00 bits per heavy atom. The molecule has 1 aliphatic carbocycles. The van der Waals surface area contributed by atoms with Gasteiger partial charge in [0.05, 0.1) is 6.04 Å². The summed E-state index contributed by atoms with van der Waals surface area (Å²) in [7, 11) is 0. The molecule has 0 bridgehead atoms. The van der Waals surface area contributed by atoms with Crippen molar-refractivity contribution in [2.75, 3.05) is 19.3 Å². The molecule has 1 aliphatic rings. The summed E-state index contributed by atoms with van der Waals surface area (Å²) in [4.78, 5) is 11.7. The molecule has 0 spiro atoms. The third-order valence-corrected chi connectivity index (χ3v) is 4.47. The van der Waals surface area contributed by atoms with Crippen LogP contribution in [0.3, 0.4) is 0 Å². The van der Waals surface area contributed by atoms with Crippen LogP contribution in [0.5, 0.6) is 0 Å². The van der Waals surface area contributed by atoms with Gasteiger partial charge < -0.3 is 10.6 Å². The van der Waals surface area contributed by atoms with Gasteiger partial charge in [0.2, 0.25) is 5.91 Å². The zero-order valence-corrected chi connectivity index (χ0v) is 11.6. The van der Waals surface area contributed by atoms with Crippen LogP contribution in [0.15, 0.2) is 0 Å². The van der Waals surface area contributed by atoms with Gasteiger partial charge in [-0.15, -0.1) is 0 Å². The molecule has 0 aromatic heterocycles. The largest absolute Gasteiger partial charge is 0.354 e. The van der Waals surface area contributed by atoms with Crippen molar-refractivity contribution in [2.24, 2.45) is 5.92 Å². The van der Waals surface area contributed by atoms with E-state index in [0.717, 1.165) is 13.1 Å². The van der Waals surface area contributed by atoms with E-state index in [0.29, 0.717) is 10.7 Å². The minimum atomic E-state index is -0.0802. The molecule has 0 saturated heterocycles. The average Bonchev–Trinajstić information content (AvgIpc) is 3.03. The molecule has 1 unspecified atom stereocenters. The monoisotopic (exact) mass is 244 g/mol. The molecule has 0 aromatic carbocycles. The molecule has 3 nitrogen and oxygen atoms in total. The zero-order valence-electron chi connectivity index (χ0n) is 10.8. The number of nitrogens with one attached hydrogen (secondary N) is 2. The van der Waals surface area contributed by atoms with Gasteiger partial charge in [-0.2, -0.15) is 11.8 Å². The molecule has 0 radical (unpaired) electrons. The van der Waals surface area contributed by atoms with Crippen molar-refractivity contribution in [1.82, 2.24) is 10.6 Å². The Bertz CT molecular complexity index is 239. The summed E-state index contributed by atoms with van der Waals surface area (Å²) in [5, 5.41) is 6.28. The van der Waals surface area contributed by atoms with Crippen LogP contribution in [-0.4, -0.2) is 36.0 Å². The molecule has 0 aliphatic heterocycles. The van der Waals surface area contributed by atoms with E-state index >= 15 is 0 Å². The van der Waals surface area contributed by atoms with Gasteiger partial charge in [0.25, 0.3) is 0 Å². The topological polar surface area (TPSA) is 41.1 Å². The van der Waals surface area contributed by atoms with Crippen molar-refractivity contribution in [1.29, 1.82) is 0 Å². The lowest BCUT2D eigenvalue weighted by molar-refractivity contribution is -0.122. The number of thioether (sulfide) groups is 1. The van der Waals surface area contributed by atoms with Crippen LogP contribution in [0.1, 0.15) is 33.6 Å². The van der Waals surface area contributed by atoms with Crippen LogP contribution in [0, 0.1) is 5.92 Å². The summed E-state index contributed by atoms with van der Waals surface area (Å²) >= 11 is 1.92. The zero-order chi connectivity index (χ0) is 12.2. The molecule has 2 N–H and O–H groups in total. The number of rotatable bonds is 7. The molecule has 1 fully saturated rings. The van der Waals surface area contributed by atoms with E-state index in [9.17, 15) is 4.79 Å². The van der Waals surface area contributed by atoms with E-state index in [1.165, 1.54) is 12.8 Å². The molecule has 16 heavy (non-hydrogen) atoms. The maximum Gasteiger partial charge on any atom is 0.236 e. The van der Waals surface area contributed by atoms with Gasteiger partial charge in [-0.05, 0) is 31.9 Å². The van der Waals surface area contributed by atoms with Crippen molar-refractivity contribution in [3.63, 3.8) is 0 Å². The second kappa shape index (κ2) is 5.92. The van der Waals surface area contributed by atoms with E-state index in [1.54, 1.807) is 0 Å². The van der Waals surface area contributed by atoms with Crippen molar-refractivity contribution < 1.29 is 4.79 Å². The van der Waals surface area contributed by atoms with Crippen molar-refractivity contribution in [2.45, 2.75) is 44.4 Å². The summed E-state index contributed by atoms with van der Waals surface area (Å²) in [6.45, 7) is 7.85. The molecule has 1 atom stereocenters. The molecule has 0 heterocycles. The highest BCUT2D eigenvalue weighted by Gasteiger charge is 2.41. The second-order valence-corrected chi connectivity index (χ2v) is 6.40. The highest BCUT2D eigenvalue weighted by Crippen LogP contribution is 2.46. The van der Waals surface area contributed by atoms with Gasteiger partial charge in [0.1, 0.15) is 0 Å². The normalized spacial score (nSPS) is 19.6. The van der Waals surface area contributed by atoms with E-state index < -0.39 is 0 Å². The molecule has 4 heteroatoms. The fourth-order valence-corrected chi connectivity index (χ4v) is 2.22. The Labute approximate surface area is 103 Å². The fraction of sp³-hybridized carbons (Fsp3) is 0.917. The standard InChI is InChI=1S/C12H24N2OS/c1-9(2)7-13-11(15)10(3)14-8-12(16-4)5-6-12/h9-10,14H,5-8H2,1-4H3,(H,13,15). The highest BCUT2D eigenvalue weighted by molar-refractivity contribution is 8.00. The smallest absolute Gasteiger partial charge is 0.236 e. The third kappa shape index (κ3) is 4.34. The van der Waals surface area contributed by atoms with Crippen LogP contribution in [-0.2, 0) is 4.79 Å². The average molecular weight is 244 g/mol. The summed E-state index contributed by atoms with van der Waals surface area (Å²) in [6.07, 6.45) is 4.71. The van der Waals surface area contributed by atoms with Crippen molar-refractivity contribution in [3.05, 3.63) is 0 Å². The molecular weight excluding hydrogens is 220 g/mol. The van der Waals surface area contributed by atoms with Crippen molar-refractivity contribution in [3.8, 4) is 0 Å². The summed E-state index contributed by atoms with van der Waals surface area (Å²) < 4.78 is 0.423. The first kappa shape index (κ1) is 13.8. The van der Waals surface area contributed by atoms with Crippen LogP contribution in [0.2, 0.25) is 0 Å². The van der Waals surface area contributed by atoms with E-state index in [1.807, 2.05) is 18.7 Å². The summed E-state index contributed by atoms with van der Waals surface area (Å²) in [5.41, 5.74) is 0. The van der Waals surface area contributed by atoms with Gasteiger partial charge in [-0.3, -0.25) is 4.79 Å². The molecule has 1 saturated carbocycles. The first-order valence-electron chi connectivity index (χ1n) is 6.05. The second-order valence-electron chi connectivity index (χ2n) is 5.13. The van der Waals surface area contributed by atoms with Gasteiger partial charge in [0, 0.05) is 17.8 Å². The lowest BCUT2D eigenvalue weighted by Gasteiger charge is -2.18. The SMILES string of the molecule is CSC1(CNC(C)C(=O)NCC(C)C)CC1. The molecule has 0 aromatic rings. The van der Waals surface area contributed by atoms with E-state index in [-0.39, 0.29) is 11.9 Å². The number of hydrogen-bond acceptors (Lipinski definition) is 3. The first-order valence-corrected chi connectivity index (χ1v) is 7.28. The Morgan fingerprint density at radius 1 is 1.38 bits per heavy atom. The van der Waals surface area contributed by atoms with Gasteiger partial charge in [-0.25, -0.2) is 0 Å². The lowest BCUT2D eigenvalue weighted by atomic mass is 10.2. The van der Waals surface area contributed by atoms with Gasteiger partial charge in [0.15, 0.2) is 0 Å². The minimum absolute atomic E-state index is 0.0802. The Kier molecular flexibility index (Phi) is 5.12. The fourth-order valence-electron chi connectivity index (χ4n) is 1.48. The maximum atomic E-state index is 11.7. The number of hydrogen-bond donors (Lipinski definition) is 2. The van der Waals surface area contributed by atoms with Gasteiger partial charge in [-0.1, -0.05) is 13.8 Å². The highest BCUT2D eigenvalue weighted by atomic mass is 32.2. The first-order chi connectivity index (χ1) is 7.49. The van der Waals surface area contributed by atoms with Crippen LogP contribution < -0.4 is 10.6 Å². The van der Waals surface area contributed by atoms with E-state index in [2.05, 4.69) is 30.7 Å². The van der Waals surface area contributed by atoms with Crippen LogP contribution in [0.25, 0.3) is 0 Å². The van der Waals surface area contributed by atoms with Gasteiger partial charge >= 0.3 is 0 Å². The quantitative estimate of drug-likeness (QED) is 0.715. The Morgan fingerprint density at radius 3 is 2.44 bits per heavy atom. The number of carbonyl (C=O) groups is 1. The Balaban J connectivity index is 2.18. The predicted molar refractivity (Wildman–Crippen MR) is 70.8 cm³/mol. The maximum absolute atomic E-state index is 11.7. The third-order valence-electron chi connectivity index (χ3n) is 3.05. The molecule has 1 amide bonds. The number of amides is 1. The van der Waals surface area contributed by atoms with E-state index in [4.69, 9.17) is 0 Å². The molecular formula is C12H24N2OS. The molecule has 94 valence electrons.